The van der Waals surface area contributed by atoms with Crippen LogP contribution < -0.4 is 0 Å². The Morgan fingerprint density at radius 2 is 1.39 bits per heavy atom. The SMILES string of the molecule is O=C1OC2(CCCCCCCCN=N2)OC(=O)c2ccccc21. The van der Waals surface area contributed by atoms with E-state index in [1.165, 1.54) is 0 Å². The molecule has 2 aliphatic heterocycles. The number of esters is 2. The van der Waals surface area contributed by atoms with Crippen LogP contribution in [0.2, 0.25) is 0 Å². The lowest BCUT2D eigenvalue weighted by atomic mass is 10.1. The van der Waals surface area contributed by atoms with Gasteiger partial charge in [-0.05, 0) is 25.0 Å². The number of hydrogen-bond acceptors (Lipinski definition) is 6. The largest absolute Gasteiger partial charge is 0.397 e. The van der Waals surface area contributed by atoms with Crippen LogP contribution in [-0.2, 0) is 9.47 Å². The molecule has 0 bridgehead atoms. The summed E-state index contributed by atoms with van der Waals surface area (Å²) in [7, 11) is 0. The second-order valence-electron chi connectivity index (χ2n) is 5.87. The Balaban J connectivity index is 1.90. The van der Waals surface area contributed by atoms with Crippen molar-refractivity contribution >= 4 is 11.9 Å². The average Bonchev–Trinajstić information content (AvgIpc) is 2.68. The molecular weight excluding hydrogens is 296 g/mol. The van der Waals surface area contributed by atoms with Crippen LogP contribution in [0.3, 0.4) is 0 Å². The molecule has 3 rings (SSSR count). The summed E-state index contributed by atoms with van der Waals surface area (Å²) in [4.78, 5) is 24.8. The predicted octanol–water partition coefficient (Wildman–Crippen LogP) is 3.86. The molecule has 2 aliphatic rings. The summed E-state index contributed by atoms with van der Waals surface area (Å²) in [5, 5.41) is 8.20. The topological polar surface area (TPSA) is 77.3 Å². The summed E-state index contributed by atoms with van der Waals surface area (Å²) in [6, 6.07) is 6.48. The molecule has 122 valence electrons. The molecular formula is C17H20N2O4. The number of carbonyl (C=O) groups is 2. The summed E-state index contributed by atoms with van der Waals surface area (Å²) >= 11 is 0. The van der Waals surface area contributed by atoms with Crippen molar-refractivity contribution in [3.63, 3.8) is 0 Å². The summed E-state index contributed by atoms with van der Waals surface area (Å²) in [5.41, 5.74) is 0.415. The monoisotopic (exact) mass is 316 g/mol. The molecule has 2 heterocycles. The van der Waals surface area contributed by atoms with E-state index in [0.29, 0.717) is 13.0 Å². The molecule has 0 N–H and O–H groups in total. The molecule has 1 aromatic carbocycles. The molecule has 1 aromatic rings. The van der Waals surface area contributed by atoms with Crippen LogP contribution in [0.25, 0.3) is 0 Å². The van der Waals surface area contributed by atoms with Gasteiger partial charge in [0.25, 0.3) is 0 Å². The molecule has 6 nitrogen and oxygen atoms in total. The summed E-state index contributed by atoms with van der Waals surface area (Å²) in [6.07, 6.45) is 6.39. The molecule has 23 heavy (non-hydrogen) atoms. The molecule has 0 unspecified atom stereocenters. The molecule has 1 spiro atoms. The minimum absolute atomic E-state index is 0.207. The van der Waals surface area contributed by atoms with Gasteiger partial charge in [0, 0.05) is 0 Å². The van der Waals surface area contributed by atoms with Gasteiger partial charge in [-0.15, -0.1) is 5.11 Å². The Labute approximate surface area is 134 Å². The first kappa shape index (κ1) is 15.6. The van der Waals surface area contributed by atoms with E-state index in [1.54, 1.807) is 24.3 Å². The van der Waals surface area contributed by atoms with Crippen LogP contribution in [0.1, 0.15) is 65.7 Å². The van der Waals surface area contributed by atoms with Crippen molar-refractivity contribution < 1.29 is 19.1 Å². The Morgan fingerprint density at radius 3 is 2.04 bits per heavy atom. The zero-order valence-corrected chi connectivity index (χ0v) is 13.0. The molecule has 0 radical (unpaired) electrons. The molecule has 0 saturated carbocycles. The van der Waals surface area contributed by atoms with Gasteiger partial charge in [-0.1, -0.05) is 37.8 Å². The van der Waals surface area contributed by atoms with Crippen LogP contribution in [0.4, 0.5) is 0 Å². The maximum atomic E-state index is 12.4. The van der Waals surface area contributed by atoms with Gasteiger partial charge < -0.3 is 9.47 Å². The number of benzene rings is 1. The molecule has 0 atom stereocenters. The average molecular weight is 316 g/mol. The quantitative estimate of drug-likeness (QED) is 0.681. The number of ether oxygens (including phenoxy) is 2. The van der Waals surface area contributed by atoms with Gasteiger partial charge in [-0.3, -0.25) is 0 Å². The van der Waals surface area contributed by atoms with Crippen LogP contribution >= 0.6 is 0 Å². The zero-order chi connectivity index (χ0) is 16.1. The highest BCUT2D eigenvalue weighted by atomic mass is 16.8. The predicted molar refractivity (Wildman–Crippen MR) is 82.0 cm³/mol. The number of hydrogen-bond donors (Lipinski definition) is 0. The highest BCUT2D eigenvalue weighted by Crippen LogP contribution is 2.31. The first-order valence-corrected chi connectivity index (χ1v) is 8.15. The maximum absolute atomic E-state index is 12.4. The molecule has 0 aliphatic carbocycles. The molecule has 0 amide bonds. The molecule has 6 heteroatoms. The fourth-order valence-corrected chi connectivity index (χ4v) is 2.85. The maximum Gasteiger partial charge on any atom is 0.377 e. The fourth-order valence-electron chi connectivity index (χ4n) is 2.85. The van der Waals surface area contributed by atoms with E-state index >= 15 is 0 Å². The summed E-state index contributed by atoms with van der Waals surface area (Å²) in [5.74, 6) is -2.82. The highest BCUT2D eigenvalue weighted by molar-refractivity contribution is 6.04. The van der Waals surface area contributed by atoms with E-state index in [4.69, 9.17) is 9.47 Å². The van der Waals surface area contributed by atoms with Crippen LogP contribution in [0.15, 0.2) is 34.5 Å². The van der Waals surface area contributed by atoms with Gasteiger partial charge in [-0.25, -0.2) is 9.59 Å². The van der Waals surface area contributed by atoms with E-state index < -0.39 is 17.8 Å². The van der Waals surface area contributed by atoms with Crippen molar-refractivity contribution in [2.24, 2.45) is 10.2 Å². The minimum Gasteiger partial charge on any atom is -0.397 e. The van der Waals surface area contributed by atoms with Crippen LogP contribution in [-0.4, -0.2) is 24.4 Å². The number of nitrogens with zero attached hydrogens (tertiary/aromatic N) is 2. The summed E-state index contributed by atoms with van der Waals surface area (Å²) < 4.78 is 10.9. The lowest BCUT2D eigenvalue weighted by Crippen LogP contribution is -2.36. The Kier molecular flexibility index (Phi) is 4.69. The second-order valence-corrected chi connectivity index (χ2v) is 5.87. The van der Waals surface area contributed by atoms with Crippen molar-refractivity contribution in [3.8, 4) is 0 Å². The molecule has 0 saturated heterocycles. The van der Waals surface area contributed by atoms with Gasteiger partial charge >= 0.3 is 17.8 Å². The Morgan fingerprint density at radius 1 is 0.826 bits per heavy atom. The van der Waals surface area contributed by atoms with Crippen molar-refractivity contribution in [1.29, 1.82) is 0 Å². The summed E-state index contributed by atoms with van der Waals surface area (Å²) in [6.45, 7) is 0.545. The first-order chi connectivity index (χ1) is 11.2. The van der Waals surface area contributed by atoms with Crippen molar-refractivity contribution in [2.45, 2.75) is 50.9 Å². The van der Waals surface area contributed by atoms with E-state index in [0.717, 1.165) is 38.5 Å². The number of carbonyl (C=O) groups excluding carboxylic acids is 2. The van der Waals surface area contributed by atoms with E-state index in [1.807, 2.05) is 0 Å². The van der Waals surface area contributed by atoms with Crippen molar-refractivity contribution in [1.82, 2.24) is 0 Å². The number of fused-ring (bicyclic) bond motifs is 1. The third-order valence-corrected chi connectivity index (χ3v) is 4.10. The highest BCUT2D eigenvalue weighted by Gasteiger charge is 2.43. The van der Waals surface area contributed by atoms with Gasteiger partial charge in [0.1, 0.15) is 0 Å². The number of azo groups is 1. The van der Waals surface area contributed by atoms with E-state index in [-0.39, 0.29) is 11.1 Å². The van der Waals surface area contributed by atoms with Gasteiger partial charge in [0.05, 0.1) is 24.1 Å². The Bertz CT molecular complexity index is 590. The number of rotatable bonds is 0. The van der Waals surface area contributed by atoms with Crippen molar-refractivity contribution in [2.75, 3.05) is 6.54 Å². The van der Waals surface area contributed by atoms with E-state index in [2.05, 4.69) is 10.2 Å². The Hall–Kier alpha value is -2.24. The molecule has 0 aromatic heterocycles. The van der Waals surface area contributed by atoms with Crippen LogP contribution in [0, 0.1) is 0 Å². The zero-order valence-electron chi connectivity index (χ0n) is 13.0. The third kappa shape index (κ3) is 3.57. The minimum atomic E-state index is -1.63. The van der Waals surface area contributed by atoms with Gasteiger partial charge in [0.2, 0.25) is 0 Å². The smallest absolute Gasteiger partial charge is 0.377 e. The van der Waals surface area contributed by atoms with Gasteiger partial charge in [-0.2, -0.15) is 5.11 Å². The first-order valence-electron chi connectivity index (χ1n) is 8.15. The fraction of sp³-hybridized carbons (Fsp3) is 0.529. The third-order valence-electron chi connectivity index (χ3n) is 4.10. The van der Waals surface area contributed by atoms with Crippen molar-refractivity contribution in [3.05, 3.63) is 35.4 Å². The molecule has 0 fully saturated rings. The lowest BCUT2D eigenvalue weighted by Gasteiger charge is -2.25. The second kappa shape index (κ2) is 6.89. The normalized spacial score (nSPS) is 21.6. The van der Waals surface area contributed by atoms with Crippen LogP contribution in [0.5, 0.6) is 0 Å². The van der Waals surface area contributed by atoms with Gasteiger partial charge in [0.15, 0.2) is 0 Å². The van der Waals surface area contributed by atoms with E-state index in [9.17, 15) is 9.59 Å². The standard InChI is InChI=1S/C17H20N2O4/c20-15-13-9-5-6-10-14(13)16(21)23-17(22-15)11-7-3-1-2-4-8-12-18-19-17/h5-6,9-10H,1-4,7-8,11-12H2. The lowest BCUT2D eigenvalue weighted by molar-refractivity contribution is -0.169.